The van der Waals surface area contributed by atoms with Gasteiger partial charge in [-0.25, -0.2) is 0 Å². The summed E-state index contributed by atoms with van der Waals surface area (Å²) in [5.74, 6) is -0.596. The quantitative estimate of drug-likeness (QED) is 0.240. The summed E-state index contributed by atoms with van der Waals surface area (Å²) in [4.78, 5) is 10.3. The van der Waals surface area contributed by atoms with Crippen molar-refractivity contribution in [3.05, 3.63) is 36.1 Å². The van der Waals surface area contributed by atoms with Gasteiger partial charge in [-0.15, -0.1) is 5.76 Å². The summed E-state index contributed by atoms with van der Waals surface area (Å²) in [5.41, 5.74) is 0. The third-order valence-corrected chi connectivity index (χ3v) is 3.12. The van der Waals surface area contributed by atoms with Crippen molar-refractivity contribution in [2.45, 2.75) is 71.1 Å². The number of unbranched alkanes of at least 4 members (excludes halogenated alkanes) is 5. The van der Waals surface area contributed by atoms with Crippen LogP contribution in [0.4, 0.5) is 0 Å². The molecule has 0 amide bonds. The first kappa shape index (κ1) is 24.4. The minimum Gasteiger partial charge on any atom is -0.875 e. The summed E-state index contributed by atoms with van der Waals surface area (Å²) in [5, 5.41) is 20.0. The first-order valence-electron chi connectivity index (χ1n) is 8.04. The van der Waals surface area contributed by atoms with Crippen molar-refractivity contribution in [1.29, 1.82) is 0 Å². The summed E-state index contributed by atoms with van der Waals surface area (Å²) >= 11 is 0. The molecule has 0 aliphatic carbocycles. The van der Waals surface area contributed by atoms with Crippen LogP contribution in [-0.4, -0.2) is 11.1 Å². The normalized spacial score (nSPS) is 12.0. The van der Waals surface area contributed by atoms with E-state index in [1.165, 1.54) is 19.3 Å². The SMILES string of the molecule is CCCCC/C=C\C/C=C(/[O-])C/C=C\CCCCC(=O)O.[K+]. The summed E-state index contributed by atoms with van der Waals surface area (Å²) < 4.78 is 0. The molecule has 0 saturated heterocycles. The molecule has 0 rings (SSSR count). The average molecular weight is 333 g/mol. The molecule has 4 heteroatoms. The Kier molecular flexibility index (Phi) is 21.2. The van der Waals surface area contributed by atoms with E-state index in [0.29, 0.717) is 12.8 Å². The average Bonchev–Trinajstić information content (AvgIpc) is 2.45. The third-order valence-electron chi connectivity index (χ3n) is 3.12. The van der Waals surface area contributed by atoms with Gasteiger partial charge in [-0.05, 0) is 44.9 Å². The van der Waals surface area contributed by atoms with Gasteiger partial charge >= 0.3 is 57.4 Å². The predicted molar refractivity (Wildman–Crippen MR) is 85.8 cm³/mol. The Hall–Kier alpha value is 0.126. The van der Waals surface area contributed by atoms with Crippen molar-refractivity contribution in [3.8, 4) is 0 Å². The predicted octanol–water partition coefficient (Wildman–Crippen LogP) is 1.35. The molecular weight excluding hydrogens is 303 g/mol. The molecule has 0 aromatic carbocycles. The fraction of sp³-hybridized carbons (Fsp3) is 0.611. The van der Waals surface area contributed by atoms with E-state index < -0.39 is 5.97 Å². The number of aliphatic carboxylic acids is 1. The molecule has 0 saturated carbocycles. The molecule has 0 unspecified atom stereocenters. The monoisotopic (exact) mass is 332 g/mol. The Balaban J connectivity index is 0. The zero-order valence-electron chi connectivity index (χ0n) is 14.2. The fourth-order valence-electron chi connectivity index (χ4n) is 1.86. The van der Waals surface area contributed by atoms with E-state index in [2.05, 4.69) is 19.1 Å². The first-order valence-corrected chi connectivity index (χ1v) is 8.04. The first-order chi connectivity index (χ1) is 10.2. The molecule has 22 heavy (non-hydrogen) atoms. The van der Waals surface area contributed by atoms with Gasteiger partial charge in [-0.2, -0.15) is 0 Å². The van der Waals surface area contributed by atoms with Gasteiger partial charge < -0.3 is 10.2 Å². The second kappa shape index (κ2) is 19.2. The number of rotatable bonds is 13. The molecule has 0 aromatic heterocycles. The molecule has 0 heterocycles. The van der Waals surface area contributed by atoms with Crippen LogP contribution in [0.1, 0.15) is 71.1 Å². The van der Waals surface area contributed by atoms with Crippen molar-refractivity contribution >= 4 is 5.97 Å². The maximum atomic E-state index is 11.5. The van der Waals surface area contributed by atoms with Crippen LogP contribution in [0.2, 0.25) is 0 Å². The molecule has 0 radical (unpaired) electrons. The van der Waals surface area contributed by atoms with E-state index in [9.17, 15) is 9.90 Å². The van der Waals surface area contributed by atoms with E-state index >= 15 is 0 Å². The largest absolute Gasteiger partial charge is 1.00 e. The Labute approximate surface area is 178 Å². The molecule has 0 bridgehead atoms. The Morgan fingerprint density at radius 1 is 1.00 bits per heavy atom. The van der Waals surface area contributed by atoms with Crippen molar-refractivity contribution in [2.75, 3.05) is 0 Å². The Morgan fingerprint density at radius 3 is 2.27 bits per heavy atom. The second-order valence-electron chi connectivity index (χ2n) is 5.19. The summed E-state index contributed by atoms with van der Waals surface area (Å²) in [6.45, 7) is 2.19. The van der Waals surface area contributed by atoms with E-state index in [1.807, 2.05) is 12.2 Å². The zero-order valence-corrected chi connectivity index (χ0v) is 17.3. The molecule has 0 aliphatic heterocycles. The minimum atomic E-state index is -0.744. The van der Waals surface area contributed by atoms with Gasteiger partial charge in [0.1, 0.15) is 0 Å². The smallest absolute Gasteiger partial charge is 0.875 e. The van der Waals surface area contributed by atoms with E-state index in [1.54, 1.807) is 6.08 Å². The number of carboxylic acid groups (broad SMARTS) is 1. The fourth-order valence-corrected chi connectivity index (χ4v) is 1.86. The maximum absolute atomic E-state index is 11.5. The Morgan fingerprint density at radius 2 is 1.64 bits per heavy atom. The van der Waals surface area contributed by atoms with Crippen LogP contribution in [0.5, 0.6) is 0 Å². The van der Waals surface area contributed by atoms with Crippen LogP contribution in [-0.2, 0) is 4.79 Å². The number of hydrogen-bond acceptors (Lipinski definition) is 2. The van der Waals surface area contributed by atoms with Crippen LogP contribution in [0.15, 0.2) is 36.1 Å². The van der Waals surface area contributed by atoms with Gasteiger partial charge in [-0.1, -0.05) is 50.1 Å². The van der Waals surface area contributed by atoms with E-state index in [-0.39, 0.29) is 63.6 Å². The van der Waals surface area contributed by atoms with Gasteiger partial charge in [-0.3, -0.25) is 4.79 Å². The van der Waals surface area contributed by atoms with Crippen molar-refractivity contribution in [2.24, 2.45) is 0 Å². The molecule has 3 nitrogen and oxygen atoms in total. The third kappa shape index (κ3) is 20.1. The number of carboxylic acids is 1. The summed E-state index contributed by atoms with van der Waals surface area (Å²) in [6, 6.07) is 0. The Bertz CT molecular complexity index is 346. The molecular formula is C18H29KO3. The van der Waals surface area contributed by atoms with Gasteiger partial charge in [0.05, 0.1) is 0 Å². The van der Waals surface area contributed by atoms with Crippen molar-refractivity contribution in [1.82, 2.24) is 0 Å². The van der Waals surface area contributed by atoms with Crippen LogP contribution >= 0.6 is 0 Å². The zero-order chi connectivity index (χ0) is 15.8. The summed E-state index contributed by atoms with van der Waals surface area (Å²) in [7, 11) is 0. The molecule has 0 fully saturated rings. The van der Waals surface area contributed by atoms with Gasteiger partial charge in [0, 0.05) is 6.42 Å². The molecule has 1 N–H and O–H groups in total. The van der Waals surface area contributed by atoms with Crippen LogP contribution in [0.25, 0.3) is 0 Å². The summed E-state index contributed by atoms with van der Waals surface area (Å²) in [6.07, 6.45) is 18.4. The minimum absolute atomic E-state index is 0. The molecule has 0 atom stereocenters. The van der Waals surface area contributed by atoms with Crippen LogP contribution in [0, 0.1) is 0 Å². The molecule has 120 valence electrons. The van der Waals surface area contributed by atoms with Crippen LogP contribution < -0.4 is 56.5 Å². The van der Waals surface area contributed by atoms with Gasteiger partial charge in [0.25, 0.3) is 0 Å². The topological polar surface area (TPSA) is 60.4 Å². The molecule has 0 aromatic rings. The number of carbonyl (C=O) groups is 1. The second-order valence-corrected chi connectivity index (χ2v) is 5.19. The van der Waals surface area contributed by atoms with Crippen molar-refractivity contribution in [3.63, 3.8) is 0 Å². The molecule has 0 aliphatic rings. The van der Waals surface area contributed by atoms with E-state index in [4.69, 9.17) is 5.11 Å². The number of allylic oxidation sites excluding steroid dienone is 5. The van der Waals surface area contributed by atoms with Crippen molar-refractivity contribution < 1.29 is 66.4 Å². The van der Waals surface area contributed by atoms with Gasteiger partial charge in [0.15, 0.2) is 0 Å². The standard InChI is InChI=1S/C18H30O3.K/c1-2-3-4-5-6-8-11-14-17(19)15-12-9-7-10-13-16-18(20)21;/h6,8-9,12,14,19H,2-5,7,10-11,13,15-16H2,1H3,(H,20,21);/q;+1/p-1/b8-6-,12-9-,17-14+;. The van der Waals surface area contributed by atoms with Gasteiger partial charge in [0.2, 0.25) is 0 Å². The van der Waals surface area contributed by atoms with Crippen LogP contribution in [0.3, 0.4) is 0 Å². The molecule has 0 spiro atoms. The number of hydrogen-bond donors (Lipinski definition) is 1. The maximum Gasteiger partial charge on any atom is 1.00 e. The van der Waals surface area contributed by atoms with E-state index in [0.717, 1.165) is 25.7 Å².